The smallest absolute Gasteiger partial charge is 0.261 e. The molecule has 0 fully saturated rings. The van der Waals surface area contributed by atoms with Crippen LogP contribution in [0.3, 0.4) is 0 Å². The standard InChI is InChI=1S/C21H19ClN2O3S/c1-14-7-12-18(19(22)13-14)21(25)23-16-8-10-17(11-9-16)28(26,27)24-20-6-4-3-5-15(20)2/h3-13,24H,1-2H3,(H,23,25). The first-order chi connectivity index (χ1) is 13.3. The maximum atomic E-state index is 12.6. The molecule has 0 aliphatic heterocycles. The Morgan fingerprint density at radius 2 is 1.61 bits per heavy atom. The van der Waals surface area contributed by atoms with E-state index in [0.29, 0.717) is 22.0 Å². The van der Waals surface area contributed by atoms with Crippen molar-refractivity contribution < 1.29 is 13.2 Å². The van der Waals surface area contributed by atoms with E-state index < -0.39 is 10.0 Å². The SMILES string of the molecule is Cc1ccc(C(=O)Nc2ccc(S(=O)(=O)Nc3ccccc3C)cc2)c(Cl)c1. The Labute approximate surface area is 169 Å². The summed E-state index contributed by atoms with van der Waals surface area (Å²) in [4.78, 5) is 12.5. The molecule has 0 aliphatic rings. The fraction of sp³-hybridized carbons (Fsp3) is 0.0952. The molecule has 3 rings (SSSR count). The van der Waals surface area contributed by atoms with Crippen molar-refractivity contribution in [2.75, 3.05) is 10.0 Å². The van der Waals surface area contributed by atoms with Crippen LogP contribution in [0.25, 0.3) is 0 Å². The van der Waals surface area contributed by atoms with E-state index in [4.69, 9.17) is 11.6 Å². The summed E-state index contributed by atoms with van der Waals surface area (Å²) in [5.41, 5.74) is 3.12. The molecule has 0 radical (unpaired) electrons. The first-order valence-corrected chi connectivity index (χ1v) is 10.4. The van der Waals surface area contributed by atoms with Crippen LogP contribution in [-0.2, 0) is 10.0 Å². The molecule has 0 atom stereocenters. The van der Waals surface area contributed by atoms with Gasteiger partial charge in [0.05, 0.1) is 21.2 Å². The van der Waals surface area contributed by atoms with E-state index in [9.17, 15) is 13.2 Å². The summed E-state index contributed by atoms with van der Waals surface area (Å²) in [7, 11) is -3.73. The highest BCUT2D eigenvalue weighted by molar-refractivity contribution is 7.92. The van der Waals surface area contributed by atoms with Crippen molar-refractivity contribution >= 4 is 38.9 Å². The molecule has 0 aromatic heterocycles. The van der Waals surface area contributed by atoms with Crippen molar-refractivity contribution in [2.45, 2.75) is 18.7 Å². The van der Waals surface area contributed by atoms with Crippen LogP contribution in [0, 0.1) is 13.8 Å². The summed E-state index contributed by atoms with van der Waals surface area (Å²) in [5.74, 6) is -0.362. The first-order valence-electron chi connectivity index (χ1n) is 8.52. The average Bonchev–Trinajstić information content (AvgIpc) is 2.64. The van der Waals surface area contributed by atoms with Gasteiger partial charge in [0.2, 0.25) is 0 Å². The topological polar surface area (TPSA) is 75.3 Å². The predicted octanol–water partition coefficient (Wildman–Crippen LogP) is 5.01. The highest BCUT2D eigenvalue weighted by Gasteiger charge is 2.16. The molecule has 3 aromatic carbocycles. The number of amides is 1. The van der Waals surface area contributed by atoms with Gasteiger partial charge in [0, 0.05) is 5.69 Å². The molecule has 0 unspecified atom stereocenters. The van der Waals surface area contributed by atoms with Crippen LogP contribution in [-0.4, -0.2) is 14.3 Å². The van der Waals surface area contributed by atoms with Crippen LogP contribution in [0.1, 0.15) is 21.5 Å². The van der Waals surface area contributed by atoms with Crippen LogP contribution >= 0.6 is 11.6 Å². The lowest BCUT2D eigenvalue weighted by molar-refractivity contribution is 0.102. The van der Waals surface area contributed by atoms with Gasteiger partial charge in [0.1, 0.15) is 0 Å². The number of hydrogen-bond acceptors (Lipinski definition) is 3. The number of carbonyl (C=O) groups excluding carboxylic acids is 1. The number of aryl methyl sites for hydroxylation is 2. The molecule has 5 nitrogen and oxygen atoms in total. The van der Waals surface area contributed by atoms with Gasteiger partial charge in [-0.1, -0.05) is 35.9 Å². The second-order valence-electron chi connectivity index (χ2n) is 6.38. The molecule has 0 aliphatic carbocycles. The van der Waals surface area contributed by atoms with Crippen LogP contribution < -0.4 is 10.0 Å². The van der Waals surface area contributed by atoms with Gasteiger partial charge in [0.15, 0.2) is 0 Å². The van der Waals surface area contributed by atoms with Crippen LogP contribution in [0.5, 0.6) is 0 Å². The number of halogens is 1. The number of sulfonamides is 1. The molecular weight excluding hydrogens is 396 g/mol. The third kappa shape index (κ3) is 4.52. The fourth-order valence-electron chi connectivity index (χ4n) is 2.61. The van der Waals surface area contributed by atoms with Crippen LogP contribution in [0.2, 0.25) is 5.02 Å². The summed E-state index contributed by atoms with van der Waals surface area (Å²) in [6.07, 6.45) is 0. The molecule has 0 spiro atoms. The zero-order valence-electron chi connectivity index (χ0n) is 15.4. The maximum absolute atomic E-state index is 12.6. The summed E-state index contributed by atoms with van der Waals surface area (Å²) in [5, 5.41) is 3.08. The number of carbonyl (C=O) groups is 1. The maximum Gasteiger partial charge on any atom is 0.261 e. The third-order valence-corrected chi connectivity index (χ3v) is 5.88. The monoisotopic (exact) mass is 414 g/mol. The van der Waals surface area contributed by atoms with E-state index in [1.54, 1.807) is 30.3 Å². The van der Waals surface area contributed by atoms with E-state index in [-0.39, 0.29) is 10.8 Å². The number of hydrogen-bond donors (Lipinski definition) is 2. The number of anilines is 2. The summed E-state index contributed by atoms with van der Waals surface area (Å²) in [6, 6.07) is 18.2. The van der Waals surface area contributed by atoms with E-state index in [0.717, 1.165) is 11.1 Å². The van der Waals surface area contributed by atoms with Gasteiger partial charge in [-0.15, -0.1) is 0 Å². The van der Waals surface area contributed by atoms with Crippen molar-refractivity contribution in [3.05, 3.63) is 88.4 Å². The van der Waals surface area contributed by atoms with E-state index >= 15 is 0 Å². The minimum Gasteiger partial charge on any atom is -0.322 e. The molecule has 3 aromatic rings. The van der Waals surface area contributed by atoms with Crippen molar-refractivity contribution in [1.82, 2.24) is 0 Å². The van der Waals surface area contributed by atoms with Gasteiger partial charge in [-0.3, -0.25) is 9.52 Å². The zero-order valence-corrected chi connectivity index (χ0v) is 16.9. The molecular formula is C21H19ClN2O3S. The Hall–Kier alpha value is -2.83. The number of rotatable bonds is 5. The van der Waals surface area contributed by atoms with Gasteiger partial charge in [-0.05, 0) is 67.4 Å². The first kappa shape index (κ1) is 19.9. The van der Waals surface area contributed by atoms with Crippen molar-refractivity contribution in [2.24, 2.45) is 0 Å². The second-order valence-corrected chi connectivity index (χ2v) is 8.47. The second kappa shape index (κ2) is 8.04. The van der Waals surface area contributed by atoms with Crippen molar-refractivity contribution in [3.63, 3.8) is 0 Å². The highest BCUT2D eigenvalue weighted by atomic mass is 35.5. The van der Waals surface area contributed by atoms with Gasteiger partial charge < -0.3 is 5.32 Å². The van der Waals surface area contributed by atoms with Crippen molar-refractivity contribution in [1.29, 1.82) is 0 Å². The summed E-state index contributed by atoms with van der Waals surface area (Å²) in [6.45, 7) is 3.71. The molecule has 0 saturated heterocycles. The normalized spacial score (nSPS) is 11.1. The van der Waals surface area contributed by atoms with E-state index in [1.165, 1.54) is 24.3 Å². The molecule has 7 heteroatoms. The number of para-hydroxylation sites is 1. The van der Waals surface area contributed by atoms with Gasteiger partial charge in [-0.25, -0.2) is 8.42 Å². The Morgan fingerprint density at radius 3 is 2.25 bits per heavy atom. The fourth-order valence-corrected chi connectivity index (χ4v) is 4.06. The Bertz CT molecular complexity index is 1130. The van der Waals surface area contributed by atoms with Gasteiger partial charge >= 0.3 is 0 Å². The molecule has 0 heterocycles. The average molecular weight is 415 g/mol. The highest BCUT2D eigenvalue weighted by Crippen LogP contribution is 2.22. The quantitative estimate of drug-likeness (QED) is 0.616. The van der Waals surface area contributed by atoms with E-state index in [2.05, 4.69) is 10.0 Å². The lowest BCUT2D eigenvalue weighted by Gasteiger charge is -2.11. The van der Waals surface area contributed by atoms with Crippen LogP contribution in [0.15, 0.2) is 71.6 Å². The molecule has 2 N–H and O–H groups in total. The molecule has 1 amide bonds. The zero-order chi connectivity index (χ0) is 20.3. The minimum absolute atomic E-state index is 0.0992. The lowest BCUT2D eigenvalue weighted by Crippen LogP contribution is -2.15. The Balaban J connectivity index is 1.76. The predicted molar refractivity (Wildman–Crippen MR) is 113 cm³/mol. The molecule has 144 valence electrons. The number of nitrogens with one attached hydrogen (secondary N) is 2. The van der Waals surface area contributed by atoms with Crippen LogP contribution in [0.4, 0.5) is 11.4 Å². The lowest BCUT2D eigenvalue weighted by atomic mass is 10.1. The van der Waals surface area contributed by atoms with E-state index in [1.807, 2.05) is 26.0 Å². The largest absolute Gasteiger partial charge is 0.322 e. The van der Waals surface area contributed by atoms with Crippen molar-refractivity contribution in [3.8, 4) is 0 Å². The third-order valence-electron chi connectivity index (χ3n) is 4.18. The van der Waals surface area contributed by atoms with Gasteiger partial charge in [0.25, 0.3) is 15.9 Å². The minimum atomic E-state index is -3.73. The molecule has 0 saturated carbocycles. The molecule has 0 bridgehead atoms. The molecule has 28 heavy (non-hydrogen) atoms. The Morgan fingerprint density at radius 1 is 0.929 bits per heavy atom. The Kier molecular flexibility index (Phi) is 5.72. The summed E-state index contributed by atoms with van der Waals surface area (Å²) >= 11 is 6.12. The van der Waals surface area contributed by atoms with Gasteiger partial charge in [-0.2, -0.15) is 0 Å². The summed E-state index contributed by atoms with van der Waals surface area (Å²) < 4.78 is 27.7. The number of benzene rings is 3.